The molecule has 0 radical (unpaired) electrons. The van der Waals surface area contributed by atoms with Gasteiger partial charge in [0.15, 0.2) is 6.29 Å². The van der Waals surface area contributed by atoms with Crippen LogP contribution in [-0.4, -0.2) is 52.8 Å². The molecule has 3 aromatic carbocycles. The summed E-state index contributed by atoms with van der Waals surface area (Å²) in [6.45, 7) is 8.07. The van der Waals surface area contributed by atoms with E-state index >= 15 is 0 Å². The van der Waals surface area contributed by atoms with Gasteiger partial charge >= 0.3 is 0 Å². The number of ether oxygens (including phenoxy) is 2. The first-order valence-corrected chi connectivity index (χ1v) is 22.0. The standard InChI is InChI=1S/C48H71N3O6/c1-3-5-7-9-11-18-32-51(33-19-12-10-8-6-4-2)36-43-34-45(40-26-24-38(37-52)25-27-40)57-48(56-43)41-30-28-39(29-31-41)44-21-17-16-20-42(44)35-49-46(53)22-14-13-15-23-47(54)50-55/h16-17,20-21,24-31,43,45,48,52,55H,3-15,18-19,22-23,32-37H2,1-2H3,(H,49,53)(H,50,54)/t43-,45+,48+/m1/s1. The number of nitrogens with zero attached hydrogens (tertiary/aromatic N) is 1. The summed E-state index contributed by atoms with van der Waals surface area (Å²) in [5, 5.41) is 21.4. The monoisotopic (exact) mass is 786 g/mol. The van der Waals surface area contributed by atoms with Crippen molar-refractivity contribution in [2.45, 2.75) is 161 Å². The Bertz CT molecular complexity index is 1530. The van der Waals surface area contributed by atoms with Gasteiger partial charge in [-0.15, -0.1) is 0 Å². The number of aliphatic hydroxyl groups is 1. The molecule has 4 N–H and O–H groups in total. The van der Waals surface area contributed by atoms with E-state index in [0.717, 1.165) is 65.9 Å². The van der Waals surface area contributed by atoms with Crippen LogP contribution < -0.4 is 10.8 Å². The van der Waals surface area contributed by atoms with Gasteiger partial charge in [0.1, 0.15) is 0 Å². The quantitative estimate of drug-likeness (QED) is 0.0329. The van der Waals surface area contributed by atoms with E-state index in [4.69, 9.17) is 14.7 Å². The minimum atomic E-state index is -0.516. The fourth-order valence-electron chi connectivity index (χ4n) is 7.71. The summed E-state index contributed by atoms with van der Waals surface area (Å²) >= 11 is 0. The van der Waals surface area contributed by atoms with Crippen LogP contribution in [-0.2, 0) is 32.2 Å². The van der Waals surface area contributed by atoms with Crippen LogP contribution in [0.25, 0.3) is 11.1 Å². The van der Waals surface area contributed by atoms with Gasteiger partial charge in [0, 0.05) is 37.9 Å². The van der Waals surface area contributed by atoms with E-state index in [2.05, 4.69) is 66.5 Å². The second-order valence-electron chi connectivity index (χ2n) is 15.8. The number of hydrogen-bond acceptors (Lipinski definition) is 7. The zero-order chi connectivity index (χ0) is 40.5. The van der Waals surface area contributed by atoms with Crippen LogP contribution >= 0.6 is 0 Å². The molecular formula is C48H71N3O6. The van der Waals surface area contributed by atoms with Gasteiger partial charge in [0.2, 0.25) is 11.8 Å². The average molecular weight is 786 g/mol. The summed E-state index contributed by atoms with van der Waals surface area (Å²) < 4.78 is 13.6. The van der Waals surface area contributed by atoms with E-state index in [1.165, 1.54) is 77.0 Å². The average Bonchev–Trinajstić information content (AvgIpc) is 3.25. The maximum absolute atomic E-state index is 12.6. The minimum Gasteiger partial charge on any atom is -0.392 e. The summed E-state index contributed by atoms with van der Waals surface area (Å²) in [5.74, 6) is -0.424. The molecule has 4 rings (SSSR count). The van der Waals surface area contributed by atoms with Crippen molar-refractivity contribution < 1.29 is 29.4 Å². The number of amides is 2. The highest BCUT2D eigenvalue weighted by molar-refractivity contribution is 5.76. The first-order chi connectivity index (χ1) is 27.9. The van der Waals surface area contributed by atoms with Crippen LogP contribution in [0.4, 0.5) is 0 Å². The molecule has 0 aliphatic carbocycles. The van der Waals surface area contributed by atoms with E-state index in [-0.39, 0.29) is 31.1 Å². The molecule has 1 aliphatic rings. The zero-order valence-electron chi connectivity index (χ0n) is 34.9. The number of rotatable bonds is 28. The second-order valence-corrected chi connectivity index (χ2v) is 15.8. The van der Waals surface area contributed by atoms with Gasteiger partial charge in [-0.1, -0.05) is 157 Å². The molecule has 2 amide bonds. The second kappa shape index (κ2) is 27.2. The molecule has 3 atom stereocenters. The molecule has 1 heterocycles. The van der Waals surface area contributed by atoms with Crippen LogP contribution in [0.1, 0.15) is 164 Å². The Balaban J connectivity index is 1.43. The molecule has 1 aliphatic heterocycles. The summed E-state index contributed by atoms with van der Waals surface area (Å²) in [4.78, 5) is 26.5. The van der Waals surface area contributed by atoms with Crippen molar-refractivity contribution in [2.75, 3.05) is 19.6 Å². The Morgan fingerprint density at radius 2 is 1.26 bits per heavy atom. The van der Waals surface area contributed by atoms with E-state index in [1.807, 2.05) is 30.3 Å². The first-order valence-electron chi connectivity index (χ1n) is 22.0. The van der Waals surface area contributed by atoms with Crippen molar-refractivity contribution >= 4 is 11.8 Å². The molecule has 1 saturated heterocycles. The molecular weight excluding hydrogens is 715 g/mol. The number of hydrogen-bond donors (Lipinski definition) is 4. The van der Waals surface area contributed by atoms with Crippen molar-refractivity contribution in [3.05, 3.63) is 95.1 Å². The molecule has 0 bridgehead atoms. The maximum Gasteiger partial charge on any atom is 0.243 e. The van der Waals surface area contributed by atoms with Crippen LogP contribution in [0.15, 0.2) is 72.8 Å². The Morgan fingerprint density at radius 3 is 1.89 bits per heavy atom. The fraction of sp³-hybridized carbons (Fsp3) is 0.583. The van der Waals surface area contributed by atoms with Crippen LogP contribution in [0.3, 0.4) is 0 Å². The van der Waals surface area contributed by atoms with Gasteiger partial charge in [0.05, 0.1) is 18.8 Å². The third-order valence-electron chi connectivity index (χ3n) is 11.2. The topological polar surface area (TPSA) is 120 Å². The maximum atomic E-state index is 12.6. The van der Waals surface area contributed by atoms with Gasteiger partial charge < -0.3 is 24.8 Å². The number of aliphatic hydroxyl groups excluding tert-OH is 1. The molecule has 0 spiro atoms. The third-order valence-corrected chi connectivity index (χ3v) is 11.2. The Morgan fingerprint density at radius 1 is 0.684 bits per heavy atom. The van der Waals surface area contributed by atoms with Gasteiger partial charge in [0.25, 0.3) is 0 Å². The minimum absolute atomic E-state index is 0.00973. The van der Waals surface area contributed by atoms with Gasteiger partial charge in [-0.05, 0) is 66.6 Å². The van der Waals surface area contributed by atoms with Crippen LogP contribution in [0, 0.1) is 0 Å². The molecule has 57 heavy (non-hydrogen) atoms. The van der Waals surface area contributed by atoms with Crippen LogP contribution in [0.5, 0.6) is 0 Å². The normalized spacial score (nSPS) is 16.8. The summed E-state index contributed by atoms with van der Waals surface area (Å²) in [6, 6.07) is 24.7. The molecule has 3 aromatic rings. The molecule has 9 nitrogen and oxygen atoms in total. The molecule has 314 valence electrons. The molecule has 9 heteroatoms. The highest BCUT2D eigenvalue weighted by Gasteiger charge is 2.33. The lowest BCUT2D eigenvalue weighted by atomic mass is 9.97. The largest absolute Gasteiger partial charge is 0.392 e. The number of hydroxylamine groups is 1. The highest BCUT2D eigenvalue weighted by Crippen LogP contribution is 2.39. The van der Waals surface area contributed by atoms with Gasteiger partial charge in [-0.25, -0.2) is 5.48 Å². The molecule has 1 fully saturated rings. The van der Waals surface area contributed by atoms with E-state index in [9.17, 15) is 14.7 Å². The number of nitrogens with one attached hydrogen (secondary N) is 2. The van der Waals surface area contributed by atoms with Crippen molar-refractivity contribution in [3.63, 3.8) is 0 Å². The Kier molecular flexibility index (Phi) is 22.0. The lowest BCUT2D eigenvalue weighted by Gasteiger charge is -2.38. The smallest absolute Gasteiger partial charge is 0.243 e. The molecule has 0 aromatic heterocycles. The van der Waals surface area contributed by atoms with Crippen molar-refractivity contribution in [1.29, 1.82) is 0 Å². The van der Waals surface area contributed by atoms with E-state index in [1.54, 1.807) is 5.48 Å². The zero-order valence-corrected chi connectivity index (χ0v) is 34.9. The van der Waals surface area contributed by atoms with Crippen molar-refractivity contribution in [1.82, 2.24) is 15.7 Å². The number of unbranched alkanes of at least 4 members (excludes halogenated alkanes) is 12. The Labute approximate surface area is 342 Å². The summed E-state index contributed by atoms with van der Waals surface area (Å²) in [6.07, 6.45) is 18.3. The van der Waals surface area contributed by atoms with E-state index < -0.39 is 12.2 Å². The fourth-order valence-corrected chi connectivity index (χ4v) is 7.71. The van der Waals surface area contributed by atoms with E-state index in [0.29, 0.717) is 25.8 Å². The number of benzene rings is 3. The SMILES string of the molecule is CCCCCCCCN(CCCCCCCC)C[C@H]1C[C@@H](c2ccc(CO)cc2)O[C@@H](c2ccc(-c3ccccc3CNC(=O)CCCCCC(=O)NO)cc2)O1. The molecule has 0 saturated carbocycles. The van der Waals surface area contributed by atoms with Crippen molar-refractivity contribution in [3.8, 4) is 11.1 Å². The lowest BCUT2D eigenvalue weighted by Crippen LogP contribution is -2.40. The lowest BCUT2D eigenvalue weighted by molar-refractivity contribution is -0.253. The van der Waals surface area contributed by atoms with Crippen LogP contribution in [0.2, 0.25) is 0 Å². The number of carbonyl (C=O) groups excluding carboxylic acids is 2. The predicted molar refractivity (Wildman–Crippen MR) is 228 cm³/mol. The number of carbonyl (C=O) groups is 2. The van der Waals surface area contributed by atoms with Gasteiger partial charge in [-0.3, -0.25) is 14.8 Å². The summed E-state index contributed by atoms with van der Waals surface area (Å²) in [5.41, 5.74) is 7.76. The van der Waals surface area contributed by atoms with Crippen molar-refractivity contribution in [2.24, 2.45) is 0 Å². The highest BCUT2D eigenvalue weighted by atomic mass is 16.7. The molecule has 0 unspecified atom stereocenters. The summed E-state index contributed by atoms with van der Waals surface area (Å²) in [7, 11) is 0. The third kappa shape index (κ3) is 17.0. The van der Waals surface area contributed by atoms with Gasteiger partial charge in [-0.2, -0.15) is 0 Å². The Hall–Kier alpha value is -3.60. The first kappa shape index (κ1) is 46.1. The predicted octanol–water partition coefficient (Wildman–Crippen LogP) is 10.5.